The molecule has 1 unspecified atom stereocenters. The number of hydrogen-bond acceptors (Lipinski definition) is 5. The minimum absolute atomic E-state index is 0.00532. The van der Waals surface area contributed by atoms with Gasteiger partial charge in [0.25, 0.3) is 0 Å². The molecule has 1 fully saturated rings. The summed E-state index contributed by atoms with van der Waals surface area (Å²) in [6.45, 7) is 6.46. The fourth-order valence-electron chi connectivity index (χ4n) is 4.45. The molecule has 1 N–H and O–H groups in total. The summed E-state index contributed by atoms with van der Waals surface area (Å²) in [6.07, 6.45) is 2.07. The van der Waals surface area contributed by atoms with Crippen LogP contribution in [0.2, 0.25) is 0 Å². The van der Waals surface area contributed by atoms with Crippen LogP contribution in [0.25, 0.3) is 11.0 Å². The topological polar surface area (TPSA) is 56.9 Å². The Kier molecular flexibility index (Phi) is 5.56. The van der Waals surface area contributed by atoms with Crippen LogP contribution in [0.15, 0.2) is 45.6 Å². The Balaban J connectivity index is 1.60. The number of phenols is 1. The van der Waals surface area contributed by atoms with E-state index in [1.165, 1.54) is 11.3 Å². The second-order valence-electron chi connectivity index (χ2n) is 8.64. The van der Waals surface area contributed by atoms with Crippen molar-refractivity contribution < 1.29 is 9.52 Å². The number of likely N-dealkylation sites (tertiary alicyclic amines) is 1. The summed E-state index contributed by atoms with van der Waals surface area (Å²) in [6, 6.07) is 11.9. The molecule has 1 atom stereocenters. The molecule has 30 heavy (non-hydrogen) atoms. The van der Waals surface area contributed by atoms with Crippen molar-refractivity contribution in [1.29, 1.82) is 0 Å². The highest BCUT2D eigenvalue weighted by Crippen LogP contribution is 2.33. The number of aryl methyl sites for hydroxylation is 1. The molecular formula is C25H30N2O3. The number of benzene rings is 2. The number of aromatic hydroxyl groups is 1. The highest BCUT2D eigenvalue weighted by Gasteiger charge is 2.27. The fourth-order valence-corrected chi connectivity index (χ4v) is 4.45. The van der Waals surface area contributed by atoms with Crippen LogP contribution in [-0.2, 0) is 6.54 Å². The molecular weight excluding hydrogens is 376 g/mol. The molecule has 3 aromatic rings. The largest absolute Gasteiger partial charge is 0.508 e. The summed E-state index contributed by atoms with van der Waals surface area (Å²) >= 11 is 0. The summed E-state index contributed by atoms with van der Waals surface area (Å²) in [5, 5.41) is 10.6. The van der Waals surface area contributed by atoms with Gasteiger partial charge in [0, 0.05) is 49.9 Å². The lowest BCUT2D eigenvalue weighted by Gasteiger charge is -2.33. The predicted octanol–water partition coefficient (Wildman–Crippen LogP) is 4.56. The van der Waals surface area contributed by atoms with Gasteiger partial charge in [-0.05, 0) is 63.1 Å². The minimum atomic E-state index is 0.00532. The predicted molar refractivity (Wildman–Crippen MR) is 122 cm³/mol. The van der Waals surface area contributed by atoms with E-state index in [2.05, 4.69) is 34.1 Å². The number of anilines is 1. The van der Waals surface area contributed by atoms with Crippen molar-refractivity contribution in [3.05, 3.63) is 69.1 Å². The van der Waals surface area contributed by atoms with Gasteiger partial charge in [-0.15, -0.1) is 0 Å². The second-order valence-corrected chi connectivity index (χ2v) is 8.64. The summed E-state index contributed by atoms with van der Waals surface area (Å²) < 4.78 is 6.27. The lowest BCUT2D eigenvalue weighted by Crippen LogP contribution is -2.34. The first-order chi connectivity index (χ1) is 14.3. The summed E-state index contributed by atoms with van der Waals surface area (Å²) in [4.78, 5) is 17.5. The normalized spacial score (nSPS) is 17.4. The molecule has 0 spiro atoms. The third-order valence-electron chi connectivity index (χ3n) is 6.28. The van der Waals surface area contributed by atoms with Crippen LogP contribution in [0.3, 0.4) is 0 Å². The molecule has 5 heteroatoms. The molecule has 1 aromatic heterocycles. The quantitative estimate of drug-likeness (QED) is 0.688. The number of fused-ring (bicyclic) bond motifs is 1. The smallest absolute Gasteiger partial charge is 0.195 e. The SMILES string of the molecule is Cc1c(C2CCCN(Cc3ccc(N(C)C)cc3)C2)oc2c(C)c(O)ccc2c1=O. The molecule has 4 rings (SSSR count). The van der Waals surface area contributed by atoms with E-state index in [-0.39, 0.29) is 17.1 Å². The highest BCUT2D eigenvalue weighted by molar-refractivity contribution is 5.82. The van der Waals surface area contributed by atoms with Crippen LogP contribution in [-0.4, -0.2) is 37.2 Å². The van der Waals surface area contributed by atoms with Gasteiger partial charge in [-0.2, -0.15) is 0 Å². The third-order valence-corrected chi connectivity index (χ3v) is 6.28. The Labute approximate surface area is 177 Å². The lowest BCUT2D eigenvalue weighted by atomic mass is 9.92. The maximum atomic E-state index is 13.0. The molecule has 5 nitrogen and oxygen atoms in total. The van der Waals surface area contributed by atoms with E-state index in [1.807, 2.05) is 21.0 Å². The van der Waals surface area contributed by atoms with Gasteiger partial charge in [0.2, 0.25) is 0 Å². The molecule has 0 bridgehead atoms. The Bertz CT molecular complexity index is 1120. The summed E-state index contributed by atoms with van der Waals surface area (Å²) in [7, 11) is 4.09. The van der Waals surface area contributed by atoms with Gasteiger partial charge in [-0.25, -0.2) is 0 Å². The third kappa shape index (κ3) is 3.82. The average Bonchev–Trinajstić information content (AvgIpc) is 2.74. The van der Waals surface area contributed by atoms with Crippen molar-refractivity contribution in [2.75, 3.05) is 32.1 Å². The van der Waals surface area contributed by atoms with Crippen molar-refractivity contribution >= 4 is 16.7 Å². The maximum absolute atomic E-state index is 13.0. The van der Waals surface area contributed by atoms with Crippen LogP contribution in [0.5, 0.6) is 5.75 Å². The number of nitrogens with zero attached hydrogens (tertiary/aromatic N) is 2. The van der Waals surface area contributed by atoms with Gasteiger partial charge in [0.05, 0.1) is 5.39 Å². The van der Waals surface area contributed by atoms with Crippen molar-refractivity contribution in [1.82, 2.24) is 4.90 Å². The van der Waals surface area contributed by atoms with E-state index in [4.69, 9.17) is 4.42 Å². The summed E-state index contributed by atoms with van der Waals surface area (Å²) in [5.74, 6) is 1.11. The van der Waals surface area contributed by atoms with Gasteiger partial charge in [-0.1, -0.05) is 12.1 Å². The summed E-state index contributed by atoms with van der Waals surface area (Å²) in [5.41, 5.74) is 4.32. The Morgan fingerprint density at radius 3 is 2.53 bits per heavy atom. The number of rotatable bonds is 4. The zero-order chi connectivity index (χ0) is 21.4. The molecule has 0 amide bonds. The van der Waals surface area contributed by atoms with Gasteiger partial charge in [-0.3, -0.25) is 9.69 Å². The number of hydrogen-bond donors (Lipinski definition) is 1. The Morgan fingerprint density at radius 2 is 1.83 bits per heavy atom. The van der Waals surface area contributed by atoms with Gasteiger partial charge < -0.3 is 14.4 Å². The van der Waals surface area contributed by atoms with Gasteiger partial charge in [0.15, 0.2) is 5.43 Å². The van der Waals surface area contributed by atoms with Gasteiger partial charge >= 0.3 is 0 Å². The second kappa shape index (κ2) is 8.15. The zero-order valence-corrected chi connectivity index (χ0v) is 18.2. The van der Waals surface area contributed by atoms with Crippen LogP contribution in [0.4, 0.5) is 5.69 Å². The Morgan fingerprint density at radius 1 is 1.10 bits per heavy atom. The molecule has 1 aliphatic rings. The van der Waals surface area contributed by atoms with E-state index in [0.717, 1.165) is 38.2 Å². The van der Waals surface area contributed by atoms with E-state index in [0.29, 0.717) is 22.1 Å². The molecule has 0 radical (unpaired) electrons. The van der Waals surface area contributed by atoms with Crippen molar-refractivity contribution in [2.45, 2.75) is 39.2 Å². The first-order valence-electron chi connectivity index (χ1n) is 10.6. The molecule has 158 valence electrons. The molecule has 2 heterocycles. The molecule has 0 aliphatic carbocycles. The number of phenolic OH excluding ortho intramolecular Hbond substituents is 1. The maximum Gasteiger partial charge on any atom is 0.195 e. The molecule has 0 saturated carbocycles. The van der Waals surface area contributed by atoms with Crippen LogP contribution in [0.1, 0.15) is 41.2 Å². The van der Waals surface area contributed by atoms with E-state index in [9.17, 15) is 9.90 Å². The number of piperidine rings is 1. The van der Waals surface area contributed by atoms with Crippen molar-refractivity contribution in [2.24, 2.45) is 0 Å². The van der Waals surface area contributed by atoms with Crippen LogP contribution < -0.4 is 10.3 Å². The lowest BCUT2D eigenvalue weighted by molar-refractivity contribution is 0.188. The first kappa shape index (κ1) is 20.5. The standard InChI is InChI=1S/C25H30N2O3/c1-16-22(28)12-11-21-23(29)17(2)24(30-25(16)21)19-6-5-13-27(15-19)14-18-7-9-20(10-8-18)26(3)4/h7-12,19,28H,5-6,13-15H2,1-4H3. The van der Waals surface area contributed by atoms with Crippen LogP contribution in [0, 0.1) is 13.8 Å². The minimum Gasteiger partial charge on any atom is -0.508 e. The monoisotopic (exact) mass is 406 g/mol. The highest BCUT2D eigenvalue weighted by atomic mass is 16.3. The Hall–Kier alpha value is -2.79. The van der Waals surface area contributed by atoms with Crippen molar-refractivity contribution in [3.63, 3.8) is 0 Å². The first-order valence-corrected chi connectivity index (χ1v) is 10.6. The average molecular weight is 407 g/mol. The van der Waals surface area contributed by atoms with E-state index >= 15 is 0 Å². The molecule has 1 aliphatic heterocycles. The van der Waals surface area contributed by atoms with Gasteiger partial charge in [0.1, 0.15) is 17.1 Å². The van der Waals surface area contributed by atoms with E-state index < -0.39 is 0 Å². The van der Waals surface area contributed by atoms with Crippen molar-refractivity contribution in [3.8, 4) is 5.75 Å². The van der Waals surface area contributed by atoms with Crippen LogP contribution >= 0.6 is 0 Å². The zero-order valence-electron chi connectivity index (χ0n) is 18.2. The fraction of sp³-hybridized carbons (Fsp3) is 0.400. The van der Waals surface area contributed by atoms with E-state index in [1.54, 1.807) is 19.1 Å². The molecule has 1 saturated heterocycles. The molecule has 2 aromatic carbocycles.